The third-order valence-electron chi connectivity index (χ3n) is 2.65. The molecule has 1 saturated carbocycles. The van der Waals surface area contributed by atoms with Gasteiger partial charge in [0.05, 0.1) is 0 Å². The van der Waals surface area contributed by atoms with E-state index >= 15 is 0 Å². The van der Waals surface area contributed by atoms with Gasteiger partial charge >= 0.3 is 0 Å². The van der Waals surface area contributed by atoms with Gasteiger partial charge in [-0.15, -0.1) is 0 Å². The Labute approximate surface area is 61.8 Å². The molecule has 1 nitrogen and oxygen atoms in total. The summed E-state index contributed by atoms with van der Waals surface area (Å²) in [6.45, 7) is 3.97. The van der Waals surface area contributed by atoms with Crippen molar-refractivity contribution in [1.29, 1.82) is 0 Å². The van der Waals surface area contributed by atoms with Crippen LogP contribution in [-0.2, 0) is 0 Å². The van der Waals surface area contributed by atoms with E-state index in [1.165, 1.54) is 0 Å². The van der Waals surface area contributed by atoms with E-state index in [9.17, 15) is 4.39 Å². The molecule has 0 aliphatic heterocycles. The first-order valence-electron chi connectivity index (χ1n) is 4.02. The summed E-state index contributed by atoms with van der Waals surface area (Å²) < 4.78 is 13.1. The maximum Gasteiger partial charge on any atom is 0.118 e. The van der Waals surface area contributed by atoms with Crippen LogP contribution in [0, 0.1) is 11.8 Å². The quantitative estimate of drug-likeness (QED) is 0.552. The third kappa shape index (κ3) is 1.31. The van der Waals surface area contributed by atoms with Crippen molar-refractivity contribution < 1.29 is 4.39 Å². The summed E-state index contributed by atoms with van der Waals surface area (Å²) in [5.41, 5.74) is 5.64. The number of halogens is 1. The fourth-order valence-corrected chi connectivity index (χ4v) is 1.57. The second kappa shape index (κ2) is 2.87. The molecule has 10 heavy (non-hydrogen) atoms. The Kier molecular flexibility index (Phi) is 2.29. The lowest BCUT2D eigenvalue weighted by Crippen LogP contribution is -2.44. The monoisotopic (exact) mass is 145 g/mol. The SMILES string of the molecule is C[C@@H]1CC[C@H](C)[C@H](F)[C@H]1N. The van der Waals surface area contributed by atoms with Crippen molar-refractivity contribution >= 4 is 0 Å². The molecule has 1 fully saturated rings. The number of alkyl halides is 1. The molecule has 0 bridgehead atoms. The van der Waals surface area contributed by atoms with E-state index in [0.29, 0.717) is 5.92 Å². The molecule has 0 unspecified atom stereocenters. The highest BCUT2D eigenvalue weighted by Crippen LogP contribution is 2.29. The molecule has 4 atom stereocenters. The Balaban J connectivity index is 2.52. The van der Waals surface area contributed by atoms with Crippen molar-refractivity contribution in [1.82, 2.24) is 0 Å². The fraction of sp³-hybridized carbons (Fsp3) is 1.00. The van der Waals surface area contributed by atoms with Crippen LogP contribution in [0.25, 0.3) is 0 Å². The van der Waals surface area contributed by atoms with Gasteiger partial charge in [-0.2, -0.15) is 0 Å². The molecule has 0 aromatic carbocycles. The maximum atomic E-state index is 13.1. The van der Waals surface area contributed by atoms with Gasteiger partial charge in [-0.1, -0.05) is 13.8 Å². The van der Waals surface area contributed by atoms with Crippen molar-refractivity contribution in [3.05, 3.63) is 0 Å². The van der Waals surface area contributed by atoms with Crippen LogP contribution in [0.2, 0.25) is 0 Å². The maximum absolute atomic E-state index is 13.1. The van der Waals surface area contributed by atoms with Gasteiger partial charge in [-0.05, 0) is 24.7 Å². The zero-order chi connectivity index (χ0) is 7.72. The number of hydrogen-bond acceptors (Lipinski definition) is 1. The minimum absolute atomic E-state index is 0.172. The van der Waals surface area contributed by atoms with Crippen LogP contribution in [0.15, 0.2) is 0 Å². The zero-order valence-electron chi connectivity index (χ0n) is 6.68. The topological polar surface area (TPSA) is 26.0 Å². The molecule has 2 N–H and O–H groups in total. The number of rotatable bonds is 0. The van der Waals surface area contributed by atoms with Crippen molar-refractivity contribution in [2.24, 2.45) is 17.6 Å². The Bertz CT molecular complexity index is 102. The molecule has 0 amide bonds. The average Bonchev–Trinajstić information content (AvgIpc) is 1.93. The normalized spacial score (nSPS) is 49.2. The van der Waals surface area contributed by atoms with Gasteiger partial charge in [0.2, 0.25) is 0 Å². The lowest BCUT2D eigenvalue weighted by molar-refractivity contribution is 0.116. The lowest BCUT2D eigenvalue weighted by atomic mass is 9.79. The van der Waals surface area contributed by atoms with E-state index in [2.05, 4.69) is 0 Å². The van der Waals surface area contributed by atoms with Gasteiger partial charge < -0.3 is 5.73 Å². The highest BCUT2D eigenvalue weighted by molar-refractivity contribution is 4.86. The molecule has 0 aromatic heterocycles. The molecule has 0 heterocycles. The fourth-order valence-electron chi connectivity index (χ4n) is 1.57. The van der Waals surface area contributed by atoms with E-state index < -0.39 is 6.17 Å². The average molecular weight is 145 g/mol. The molecule has 60 valence electrons. The Hall–Kier alpha value is -0.110. The molecule has 0 aromatic rings. The smallest absolute Gasteiger partial charge is 0.118 e. The minimum Gasteiger partial charge on any atom is -0.325 e. The highest BCUT2D eigenvalue weighted by Gasteiger charge is 2.32. The minimum atomic E-state index is -0.774. The Morgan fingerprint density at radius 2 is 1.70 bits per heavy atom. The molecular weight excluding hydrogens is 129 g/mol. The van der Waals surface area contributed by atoms with Gasteiger partial charge in [-0.3, -0.25) is 0 Å². The second-order valence-corrected chi connectivity index (χ2v) is 3.55. The summed E-state index contributed by atoms with van der Waals surface area (Å²) in [6, 6.07) is -0.219. The Morgan fingerprint density at radius 3 is 2.20 bits per heavy atom. The van der Waals surface area contributed by atoms with Crippen molar-refractivity contribution in [3.8, 4) is 0 Å². The van der Waals surface area contributed by atoms with Gasteiger partial charge in [0.1, 0.15) is 6.17 Å². The first kappa shape index (κ1) is 7.99. The predicted molar refractivity (Wildman–Crippen MR) is 40.4 cm³/mol. The largest absolute Gasteiger partial charge is 0.325 e. The summed E-state index contributed by atoms with van der Waals surface area (Å²) in [4.78, 5) is 0. The molecule has 1 aliphatic carbocycles. The molecule has 0 spiro atoms. The molecule has 0 saturated heterocycles. The van der Waals surface area contributed by atoms with Crippen molar-refractivity contribution in [2.45, 2.75) is 38.9 Å². The van der Waals surface area contributed by atoms with E-state index in [1.807, 2.05) is 13.8 Å². The van der Waals surface area contributed by atoms with Gasteiger partial charge in [0.25, 0.3) is 0 Å². The van der Waals surface area contributed by atoms with Crippen LogP contribution >= 0.6 is 0 Å². The van der Waals surface area contributed by atoms with E-state index in [0.717, 1.165) is 12.8 Å². The summed E-state index contributed by atoms with van der Waals surface area (Å²) >= 11 is 0. The van der Waals surface area contributed by atoms with Crippen molar-refractivity contribution in [2.75, 3.05) is 0 Å². The van der Waals surface area contributed by atoms with Crippen LogP contribution in [-0.4, -0.2) is 12.2 Å². The number of hydrogen-bond donors (Lipinski definition) is 1. The highest BCUT2D eigenvalue weighted by atomic mass is 19.1. The predicted octanol–water partition coefficient (Wildman–Crippen LogP) is 1.72. The standard InChI is InChI=1S/C8H16FN/c1-5-3-4-6(2)8(10)7(5)9/h5-8H,3-4,10H2,1-2H3/t5-,6+,7-,8-/m0/s1. The van der Waals surface area contributed by atoms with Crippen molar-refractivity contribution in [3.63, 3.8) is 0 Å². The molecule has 1 aliphatic rings. The van der Waals surface area contributed by atoms with E-state index in [1.54, 1.807) is 0 Å². The van der Waals surface area contributed by atoms with Crippen LogP contribution in [0.3, 0.4) is 0 Å². The third-order valence-corrected chi connectivity index (χ3v) is 2.65. The summed E-state index contributed by atoms with van der Waals surface area (Å²) in [5.74, 6) is 0.539. The Morgan fingerprint density at radius 1 is 1.20 bits per heavy atom. The van der Waals surface area contributed by atoms with Gasteiger partial charge in [-0.25, -0.2) is 4.39 Å². The summed E-state index contributed by atoms with van der Waals surface area (Å²) in [6.07, 6.45) is 1.31. The van der Waals surface area contributed by atoms with Crippen LogP contribution < -0.4 is 5.73 Å². The van der Waals surface area contributed by atoms with Gasteiger partial charge in [0, 0.05) is 6.04 Å². The van der Waals surface area contributed by atoms with E-state index in [4.69, 9.17) is 5.73 Å². The molecular formula is C8H16FN. The van der Waals surface area contributed by atoms with Crippen LogP contribution in [0.1, 0.15) is 26.7 Å². The van der Waals surface area contributed by atoms with Gasteiger partial charge in [0.15, 0.2) is 0 Å². The first-order chi connectivity index (χ1) is 4.63. The number of nitrogens with two attached hydrogens (primary N) is 1. The molecule has 2 heteroatoms. The molecule has 0 radical (unpaired) electrons. The van der Waals surface area contributed by atoms with Crippen LogP contribution in [0.4, 0.5) is 4.39 Å². The summed E-state index contributed by atoms with van der Waals surface area (Å²) in [7, 11) is 0. The summed E-state index contributed by atoms with van der Waals surface area (Å²) in [5, 5.41) is 0. The first-order valence-corrected chi connectivity index (χ1v) is 4.02. The van der Waals surface area contributed by atoms with Crippen LogP contribution in [0.5, 0.6) is 0 Å². The van der Waals surface area contributed by atoms with E-state index in [-0.39, 0.29) is 12.0 Å². The second-order valence-electron chi connectivity index (χ2n) is 3.55. The lowest BCUT2D eigenvalue weighted by Gasteiger charge is -2.33. The molecule has 1 rings (SSSR count). The zero-order valence-corrected chi connectivity index (χ0v) is 6.68.